The van der Waals surface area contributed by atoms with Gasteiger partial charge in [0.1, 0.15) is 11.5 Å². The molecule has 0 fully saturated rings. The van der Waals surface area contributed by atoms with Crippen molar-refractivity contribution in [1.82, 2.24) is 5.32 Å². The van der Waals surface area contributed by atoms with E-state index in [2.05, 4.69) is 15.6 Å². The number of nitrogens with one attached hydrogen (secondary N) is 2. The molecule has 1 heterocycles. The summed E-state index contributed by atoms with van der Waals surface area (Å²) in [4.78, 5) is 27.9. The molecule has 33 heavy (non-hydrogen) atoms. The third-order valence-electron chi connectivity index (χ3n) is 4.09. The summed E-state index contributed by atoms with van der Waals surface area (Å²) in [5.74, 6) is -1.33. The van der Waals surface area contributed by atoms with Gasteiger partial charge in [0.05, 0.1) is 39.1 Å². The van der Waals surface area contributed by atoms with Crippen molar-refractivity contribution in [1.29, 1.82) is 0 Å². The van der Waals surface area contributed by atoms with Gasteiger partial charge >= 0.3 is 18.0 Å². The summed E-state index contributed by atoms with van der Waals surface area (Å²) >= 11 is 17.2. The third kappa shape index (κ3) is 6.74. The maximum absolute atomic E-state index is 12.9. The molecule has 172 valence electrons. The van der Waals surface area contributed by atoms with Crippen LogP contribution >= 0.6 is 34.8 Å². The molecule has 2 aromatic carbocycles. The molecular formula is C21H13Cl3F3N3O3. The van der Waals surface area contributed by atoms with E-state index in [-0.39, 0.29) is 28.7 Å². The van der Waals surface area contributed by atoms with E-state index in [1.165, 1.54) is 42.6 Å². The molecule has 0 atom stereocenters. The van der Waals surface area contributed by atoms with Gasteiger partial charge in [-0.25, -0.2) is 0 Å². The zero-order valence-corrected chi connectivity index (χ0v) is 18.6. The topological polar surface area (TPSA) is 83.7 Å². The van der Waals surface area contributed by atoms with E-state index in [9.17, 15) is 22.8 Å². The fraction of sp³-hybridized carbons (Fsp3) is 0.0952. The van der Waals surface area contributed by atoms with Gasteiger partial charge < -0.3 is 15.1 Å². The number of anilines is 1. The number of alkyl halides is 3. The fourth-order valence-corrected chi connectivity index (χ4v) is 3.04. The molecule has 2 amide bonds. The second kappa shape index (κ2) is 10.3. The van der Waals surface area contributed by atoms with Crippen molar-refractivity contribution in [3.8, 4) is 0 Å². The molecule has 0 unspecified atom stereocenters. The highest BCUT2D eigenvalue weighted by atomic mass is 35.5. The summed E-state index contributed by atoms with van der Waals surface area (Å²) in [7, 11) is 0. The number of amides is 2. The Labute approximate surface area is 200 Å². The number of carbonyl (C=O) groups is 2. The average Bonchev–Trinajstić information content (AvgIpc) is 3.21. The fourth-order valence-electron chi connectivity index (χ4n) is 2.52. The minimum atomic E-state index is -4.61. The highest BCUT2D eigenvalue weighted by Crippen LogP contribution is 2.36. The summed E-state index contributed by atoms with van der Waals surface area (Å²) in [6.45, 7) is -0.110. The lowest BCUT2D eigenvalue weighted by molar-refractivity contribution is -0.137. The van der Waals surface area contributed by atoms with Crippen LogP contribution in [0.15, 0.2) is 57.9 Å². The van der Waals surface area contributed by atoms with Crippen molar-refractivity contribution in [3.63, 3.8) is 0 Å². The van der Waals surface area contributed by atoms with Crippen molar-refractivity contribution in [3.05, 3.63) is 80.7 Å². The average molecular weight is 519 g/mol. The van der Waals surface area contributed by atoms with Gasteiger partial charge in [-0.05, 0) is 48.5 Å². The van der Waals surface area contributed by atoms with Crippen molar-refractivity contribution in [2.75, 3.05) is 5.32 Å². The Hall–Kier alpha value is -3.01. The molecule has 0 aliphatic heterocycles. The van der Waals surface area contributed by atoms with Crippen LogP contribution in [0.2, 0.25) is 15.1 Å². The summed E-state index contributed by atoms with van der Waals surface area (Å²) < 4.78 is 44.2. The number of hydrogen-bond acceptors (Lipinski definition) is 4. The van der Waals surface area contributed by atoms with E-state index in [1.807, 2.05) is 0 Å². The maximum Gasteiger partial charge on any atom is 0.417 e. The van der Waals surface area contributed by atoms with Crippen LogP contribution in [0.3, 0.4) is 0 Å². The Morgan fingerprint density at radius 2 is 1.67 bits per heavy atom. The van der Waals surface area contributed by atoms with Gasteiger partial charge in [-0.3, -0.25) is 14.6 Å². The summed E-state index contributed by atoms with van der Waals surface area (Å²) in [6.07, 6.45) is -3.39. The number of halogens is 6. The van der Waals surface area contributed by atoms with E-state index in [4.69, 9.17) is 39.2 Å². The van der Waals surface area contributed by atoms with Gasteiger partial charge in [0.15, 0.2) is 0 Å². The van der Waals surface area contributed by atoms with Gasteiger partial charge in [0, 0.05) is 5.69 Å². The Morgan fingerprint density at radius 3 is 2.36 bits per heavy atom. The van der Waals surface area contributed by atoms with Crippen molar-refractivity contribution >= 4 is 64.2 Å². The van der Waals surface area contributed by atoms with Crippen LogP contribution in [0.4, 0.5) is 24.5 Å². The Kier molecular flexibility index (Phi) is 7.68. The summed E-state index contributed by atoms with van der Waals surface area (Å²) in [6, 6.07) is 10.6. The monoisotopic (exact) mass is 517 g/mol. The first-order valence-corrected chi connectivity index (χ1v) is 10.2. The largest absolute Gasteiger partial charge is 0.458 e. The Morgan fingerprint density at radius 1 is 0.939 bits per heavy atom. The molecule has 0 saturated carbocycles. The number of aliphatic imine (C=N–C) groups is 1. The second-order valence-corrected chi connectivity index (χ2v) is 7.71. The molecular weight excluding hydrogens is 506 g/mol. The van der Waals surface area contributed by atoms with Crippen LogP contribution in [0, 0.1) is 0 Å². The minimum absolute atomic E-state index is 0.0250. The van der Waals surface area contributed by atoms with E-state index < -0.39 is 28.6 Å². The van der Waals surface area contributed by atoms with Crippen LogP contribution in [0.1, 0.15) is 17.1 Å². The lowest BCUT2D eigenvalue weighted by Crippen LogP contribution is -2.34. The molecule has 0 bridgehead atoms. The van der Waals surface area contributed by atoms with Gasteiger partial charge in [-0.15, -0.1) is 0 Å². The van der Waals surface area contributed by atoms with Crippen LogP contribution in [-0.4, -0.2) is 18.0 Å². The smallest absolute Gasteiger partial charge is 0.417 e. The predicted molar refractivity (Wildman–Crippen MR) is 119 cm³/mol. The molecule has 3 rings (SSSR count). The highest BCUT2D eigenvalue weighted by Gasteiger charge is 2.33. The Balaban J connectivity index is 1.57. The lowest BCUT2D eigenvalue weighted by atomic mass is 10.2. The number of nitrogens with zero attached hydrogens (tertiary/aromatic N) is 1. The molecule has 0 radical (unpaired) electrons. The molecule has 3 aromatic rings. The first kappa shape index (κ1) is 24.6. The molecule has 12 heteroatoms. The number of rotatable bonds is 5. The van der Waals surface area contributed by atoms with Crippen molar-refractivity contribution in [2.24, 2.45) is 4.99 Å². The second-order valence-electron chi connectivity index (χ2n) is 6.49. The number of hydrogen-bond donors (Lipinski definition) is 2. The SMILES string of the molecule is O=C(NCc1ccc(C=Nc2ccc(Cl)c(C(F)(F)F)c2)o1)C(=O)Nc1ccc(Cl)c(Cl)c1. The van der Waals surface area contributed by atoms with Crippen molar-refractivity contribution in [2.45, 2.75) is 12.7 Å². The highest BCUT2D eigenvalue weighted by molar-refractivity contribution is 6.43. The van der Waals surface area contributed by atoms with Gasteiger partial charge in [-0.2, -0.15) is 13.2 Å². The van der Waals surface area contributed by atoms with Crippen molar-refractivity contribution < 1.29 is 27.2 Å². The molecule has 6 nitrogen and oxygen atoms in total. The number of carbonyl (C=O) groups excluding carboxylic acids is 2. The first-order valence-electron chi connectivity index (χ1n) is 9.06. The number of benzene rings is 2. The molecule has 2 N–H and O–H groups in total. The standard InChI is InChI=1S/C21H13Cl3F3N3O3/c22-16-5-1-11(7-15(16)21(25,26)27)28-9-13-3-4-14(33-13)10-29-19(31)20(32)30-12-2-6-17(23)18(24)8-12/h1-9H,10H2,(H,29,31)(H,30,32). The predicted octanol–water partition coefficient (Wildman–Crippen LogP) is 6.26. The van der Waals surface area contributed by atoms with Crippen LogP contribution in [-0.2, 0) is 22.3 Å². The van der Waals surface area contributed by atoms with Gasteiger partial charge in [0.25, 0.3) is 0 Å². The molecule has 0 spiro atoms. The van der Waals surface area contributed by atoms with E-state index >= 15 is 0 Å². The third-order valence-corrected chi connectivity index (χ3v) is 5.15. The van der Waals surface area contributed by atoms with E-state index in [0.717, 1.165) is 12.1 Å². The zero-order chi connectivity index (χ0) is 24.2. The van der Waals surface area contributed by atoms with Crippen LogP contribution in [0.25, 0.3) is 0 Å². The van der Waals surface area contributed by atoms with E-state index in [1.54, 1.807) is 0 Å². The molecule has 0 saturated heterocycles. The first-order chi connectivity index (χ1) is 15.5. The van der Waals surface area contributed by atoms with Gasteiger partial charge in [0.2, 0.25) is 0 Å². The molecule has 1 aromatic heterocycles. The summed E-state index contributed by atoms with van der Waals surface area (Å²) in [5, 5.41) is 4.83. The summed E-state index contributed by atoms with van der Waals surface area (Å²) in [5.41, 5.74) is -0.685. The van der Waals surface area contributed by atoms with Crippen LogP contribution in [0.5, 0.6) is 0 Å². The van der Waals surface area contributed by atoms with E-state index in [0.29, 0.717) is 10.8 Å². The minimum Gasteiger partial charge on any atom is -0.458 e. The lowest BCUT2D eigenvalue weighted by Gasteiger charge is -2.08. The normalized spacial score (nSPS) is 11.6. The molecule has 0 aliphatic carbocycles. The zero-order valence-electron chi connectivity index (χ0n) is 16.3. The van der Waals surface area contributed by atoms with Gasteiger partial charge in [-0.1, -0.05) is 34.8 Å². The number of furan rings is 1. The Bertz CT molecular complexity index is 1230. The quantitative estimate of drug-likeness (QED) is 0.309. The van der Waals surface area contributed by atoms with Crippen LogP contribution < -0.4 is 10.6 Å². The maximum atomic E-state index is 12.9. The molecule has 0 aliphatic rings.